The van der Waals surface area contributed by atoms with Crippen molar-refractivity contribution in [2.75, 3.05) is 26.9 Å². The molecule has 0 amide bonds. The first-order valence-corrected chi connectivity index (χ1v) is 5.14. The summed E-state index contributed by atoms with van der Waals surface area (Å²) in [7, 11) is 1.64. The summed E-state index contributed by atoms with van der Waals surface area (Å²) in [6.45, 7) is 1.73. The van der Waals surface area contributed by atoms with Crippen molar-refractivity contribution in [3.05, 3.63) is 35.9 Å². The number of ether oxygens (including phenoxy) is 2. The van der Waals surface area contributed by atoms with Crippen LogP contribution in [-0.4, -0.2) is 32.0 Å². The zero-order valence-corrected chi connectivity index (χ0v) is 9.06. The average Bonchev–Trinajstić information content (AvgIpc) is 2.30. The molecule has 3 heteroatoms. The molecule has 84 valence electrons. The van der Waals surface area contributed by atoms with Crippen LogP contribution in [0.2, 0.25) is 0 Å². The highest BCUT2D eigenvalue weighted by atomic mass is 16.5. The molecular weight excluding hydrogens is 192 g/mol. The van der Waals surface area contributed by atoms with Crippen LogP contribution in [0.25, 0.3) is 0 Å². The minimum absolute atomic E-state index is 0.436. The summed E-state index contributed by atoms with van der Waals surface area (Å²) in [6.07, 6.45) is 0.182. The van der Waals surface area contributed by atoms with E-state index in [1.165, 1.54) is 0 Å². The summed E-state index contributed by atoms with van der Waals surface area (Å²) in [4.78, 5) is 0. The van der Waals surface area contributed by atoms with E-state index >= 15 is 0 Å². The summed E-state index contributed by atoms with van der Waals surface area (Å²) in [5.74, 6) is 0. The van der Waals surface area contributed by atoms with Gasteiger partial charge in [0.15, 0.2) is 0 Å². The van der Waals surface area contributed by atoms with Gasteiger partial charge in [0.25, 0.3) is 0 Å². The van der Waals surface area contributed by atoms with Gasteiger partial charge in [0.05, 0.1) is 19.3 Å². The third-order valence-electron chi connectivity index (χ3n) is 2.15. The maximum Gasteiger partial charge on any atom is 0.0812 e. The second-order valence-corrected chi connectivity index (χ2v) is 3.32. The molecule has 0 fully saturated rings. The van der Waals surface area contributed by atoms with Crippen molar-refractivity contribution in [2.24, 2.45) is 0 Å². The Labute approximate surface area is 90.6 Å². The van der Waals surface area contributed by atoms with E-state index < -0.39 is 6.10 Å². The van der Waals surface area contributed by atoms with Gasteiger partial charge < -0.3 is 14.6 Å². The van der Waals surface area contributed by atoms with Crippen molar-refractivity contribution >= 4 is 0 Å². The first-order chi connectivity index (χ1) is 7.34. The quantitative estimate of drug-likeness (QED) is 0.697. The van der Waals surface area contributed by atoms with Gasteiger partial charge in [-0.1, -0.05) is 30.3 Å². The fourth-order valence-electron chi connectivity index (χ4n) is 1.28. The lowest BCUT2D eigenvalue weighted by Gasteiger charge is -2.10. The molecule has 1 N–H and O–H groups in total. The molecule has 0 bridgehead atoms. The van der Waals surface area contributed by atoms with Crippen molar-refractivity contribution < 1.29 is 14.6 Å². The smallest absolute Gasteiger partial charge is 0.0812 e. The highest BCUT2D eigenvalue weighted by molar-refractivity contribution is 5.16. The number of hydrogen-bond acceptors (Lipinski definition) is 3. The highest BCUT2D eigenvalue weighted by Crippen LogP contribution is 2.15. The SMILES string of the molecule is COCCOCCC(O)c1ccccc1. The monoisotopic (exact) mass is 210 g/mol. The molecule has 1 rings (SSSR count). The van der Waals surface area contributed by atoms with Crippen molar-refractivity contribution in [3.63, 3.8) is 0 Å². The number of benzene rings is 1. The lowest BCUT2D eigenvalue weighted by molar-refractivity contribution is 0.0475. The molecule has 0 aliphatic rings. The van der Waals surface area contributed by atoms with Crippen molar-refractivity contribution in [2.45, 2.75) is 12.5 Å². The van der Waals surface area contributed by atoms with Gasteiger partial charge in [-0.05, 0) is 5.56 Å². The maximum absolute atomic E-state index is 9.77. The number of methoxy groups -OCH3 is 1. The summed E-state index contributed by atoms with van der Waals surface area (Å²) < 4.78 is 10.1. The van der Waals surface area contributed by atoms with Crippen molar-refractivity contribution in [3.8, 4) is 0 Å². The molecule has 0 spiro atoms. The van der Waals surface area contributed by atoms with E-state index in [1.807, 2.05) is 30.3 Å². The van der Waals surface area contributed by atoms with Crippen LogP contribution in [-0.2, 0) is 9.47 Å². The van der Waals surface area contributed by atoms with Crippen LogP contribution in [0.15, 0.2) is 30.3 Å². The van der Waals surface area contributed by atoms with E-state index in [0.29, 0.717) is 26.2 Å². The topological polar surface area (TPSA) is 38.7 Å². The van der Waals surface area contributed by atoms with E-state index in [0.717, 1.165) is 5.56 Å². The van der Waals surface area contributed by atoms with Gasteiger partial charge in [0, 0.05) is 20.1 Å². The van der Waals surface area contributed by atoms with Crippen LogP contribution < -0.4 is 0 Å². The Bertz CT molecular complexity index is 248. The lowest BCUT2D eigenvalue weighted by Crippen LogP contribution is -2.06. The predicted octanol–water partition coefficient (Wildman–Crippen LogP) is 1.77. The Morgan fingerprint density at radius 3 is 2.53 bits per heavy atom. The molecular formula is C12H18O3. The molecule has 0 heterocycles. The van der Waals surface area contributed by atoms with Crippen LogP contribution in [0.1, 0.15) is 18.1 Å². The first-order valence-electron chi connectivity index (χ1n) is 5.14. The van der Waals surface area contributed by atoms with Crippen molar-refractivity contribution in [1.82, 2.24) is 0 Å². The van der Waals surface area contributed by atoms with Gasteiger partial charge in [-0.15, -0.1) is 0 Å². The average molecular weight is 210 g/mol. The van der Waals surface area contributed by atoms with E-state index in [1.54, 1.807) is 7.11 Å². The van der Waals surface area contributed by atoms with E-state index in [2.05, 4.69) is 0 Å². The van der Waals surface area contributed by atoms with Crippen LogP contribution in [0, 0.1) is 0 Å². The second kappa shape index (κ2) is 7.40. The number of aliphatic hydroxyl groups excluding tert-OH is 1. The molecule has 0 saturated heterocycles. The van der Waals surface area contributed by atoms with E-state index in [4.69, 9.17) is 9.47 Å². The van der Waals surface area contributed by atoms with Gasteiger partial charge in [-0.3, -0.25) is 0 Å². The molecule has 0 aromatic heterocycles. The zero-order chi connectivity index (χ0) is 10.9. The fraction of sp³-hybridized carbons (Fsp3) is 0.500. The standard InChI is InChI=1S/C12H18O3/c1-14-9-10-15-8-7-12(13)11-5-3-2-4-6-11/h2-6,12-13H,7-10H2,1H3. The Kier molecular flexibility index (Phi) is 6.00. The first kappa shape index (κ1) is 12.2. The van der Waals surface area contributed by atoms with E-state index in [-0.39, 0.29) is 0 Å². The molecule has 0 aliphatic heterocycles. The maximum atomic E-state index is 9.77. The fourth-order valence-corrected chi connectivity index (χ4v) is 1.28. The third kappa shape index (κ3) is 4.93. The normalized spacial score (nSPS) is 12.7. The van der Waals surface area contributed by atoms with Gasteiger partial charge in [-0.2, -0.15) is 0 Å². The Hall–Kier alpha value is -0.900. The van der Waals surface area contributed by atoms with Crippen LogP contribution >= 0.6 is 0 Å². The second-order valence-electron chi connectivity index (χ2n) is 3.32. The van der Waals surface area contributed by atoms with Crippen LogP contribution in [0.3, 0.4) is 0 Å². The molecule has 3 nitrogen and oxygen atoms in total. The zero-order valence-electron chi connectivity index (χ0n) is 9.06. The lowest BCUT2D eigenvalue weighted by atomic mass is 10.1. The van der Waals surface area contributed by atoms with Crippen LogP contribution in [0.4, 0.5) is 0 Å². The van der Waals surface area contributed by atoms with Gasteiger partial charge in [0.2, 0.25) is 0 Å². The molecule has 0 radical (unpaired) electrons. The Morgan fingerprint density at radius 2 is 1.87 bits per heavy atom. The van der Waals surface area contributed by atoms with Crippen LogP contribution in [0.5, 0.6) is 0 Å². The van der Waals surface area contributed by atoms with E-state index in [9.17, 15) is 5.11 Å². The van der Waals surface area contributed by atoms with Gasteiger partial charge in [0.1, 0.15) is 0 Å². The summed E-state index contributed by atoms with van der Waals surface area (Å²) in [5.41, 5.74) is 0.938. The summed E-state index contributed by atoms with van der Waals surface area (Å²) in [6, 6.07) is 9.61. The Balaban J connectivity index is 2.16. The Morgan fingerprint density at radius 1 is 1.13 bits per heavy atom. The summed E-state index contributed by atoms with van der Waals surface area (Å²) in [5, 5.41) is 9.77. The minimum Gasteiger partial charge on any atom is -0.388 e. The molecule has 15 heavy (non-hydrogen) atoms. The molecule has 1 aromatic carbocycles. The minimum atomic E-state index is -0.436. The number of aliphatic hydroxyl groups is 1. The van der Waals surface area contributed by atoms with Gasteiger partial charge in [-0.25, -0.2) is 0 Å². The van der Waals surface area contributed by atoms with Gasteiger partial charge >= 0.3 is 0 Å². The third-order valence-corrected chi connectivity index (χ3v) is 2.15. The summed E-state index contributed by atoms with van der Waals surface area (Å²) >= 11 is 0. The molecule has 0 saturated carbocycles. The predicted molar refractivity (Wildman–Crippen MR) is 58.7 cm³/mol. The molecule has 1 aromatic rings. The molecule has 1 atom stereocenters. The number of hydrogen-bond donors (Lipinski definition) is 1. The largest absolute Gasteiger partial charge is 0.388 e. The number of rotatable bonds is 7. The molecule has 1 unspecified atom stereocenters. The molecule has 0 aliphatic carbocycles. The van der Waals surface area contributed by atoms with Crippen molar-refractivity contribution in [1.29, 1.82) is 0 Å². The highest BCUT2D eigenvalue weighted by Gasteiger charge is 2.05.